The lowest BCUT2D eigenvalue weighted by Crippen LogP contribution is -2.21. The molecule has 2 aliphatic carbocycles. The normalized spacial score (nSPS) is 56.7. The van der Waals surface area contributed by atoms with Crippen LogP contribution in [0.2, 0.25) is 0 Å². The van der Waals surface area contributed by atoms with Gasteiger partial charge >= 0.3 is 0 Å². The summed E-state index contributed by atoms with van der Waals surface area (Å²) in [6.45, 7) is 0. The van der Waals surface area contributed by atoms with Crippen molar-refractivity contribution in [1.82, 2.24) is 0 Å². The van der Waals surface area contributed by atoms with Gasteiger partial charge in [0, 0.05) is 9.65 Å². The first-order valence-electron chi connectivity index (χ1n) is 3.57. The van der Waals surface area contributed by atoms with E-state index in [4.69, 9.17) is 0 Å². The molecule has 4 atom stereocenters. The number of hydrogen-bond donors (Lipinski definition) is 0. The van der Waals surface area contributed by atoms with Crippen molar-refractivity contribution in [3.05, 3.63) is 0 Å². The molecule has 2 heteroatoms. The van der Waals surface area contributed by atoms with Crippen molar-refractivity contribution in [1.29, 1.82) is 0 Å². The van der Waals surface area contributed by atoms with E-state index in [0.29, 0.717) is 0 Å². The fourth-order valence-corrected chi connectivity index (χ4v) is 3.97. The lowest BCUT2D eigenvalue weighted by Gasteiger charge is -2.20. The summed E-state index contributed by atoms with van der Waals surface area (Å²) < 4.78 is 0. The summed E-state index contributed by atoms with van der Waals surface area (Å²) in [6, 6.07) is 0. The zero-order valence-electron chi connectivity index (χ0n) is 5.19. The summed E-state index contributed by atoms with van der Waals surface area (Å²) in [5.74, 6) is 1.97. The van der Waals surface area contributed by atoms with Crippen LogP contribution >= 0.6 is 31.9 Å². The average Bonchev–Trinajstić information content (AvgIpc) is 2.37. The van der Waals surface area contributed by atoms with E-state index >= 15 is 0 Å². The van der Waals surface area contributed by atoms with Crippen LogP contribution in [0.5, 0.6) is 0 Å². The van der Waals surface area contributed by atoms with Gasteiger partial charge in [0.05, 0.1) is 0 Å². The first-order valence-corrected chi connectivity index (χ1v) is 5.40. The van der Waals surface area contributed by atoms with E-state index in [1.807, 2.05) is 0 Å². The fourth-order valence-electron chi connectivity index (χ4n) is 2.15. The monoisotopic (exact) mass is 252 g/mol. The zero-order chi connectivity index (χ0) is 6.43. The van der Waals surface area contributed by atoms with Gasteiger partial charge in [0.2, 0.25) is 0 Å². The summed E-state index contributed by atoms with van der Waals surface area (Å²) in [4.78, 5) is 1.55. The van der Waals surface area contributed by atoms with E-state index in [1.165, 1.54) is 19.3 Å². The Morgan fingerprint density at radius 2 is 1.33 bits per heavy atom. The molecule has 52 valence electrons. The second kappa shape index (κ2) is 2.23. The second-order valence-electron chi connectivity index (χ2n) is 3.22. The molecule has 2 rings (SSSR count). The molecule has 0 radical (unpaired) electrons. The summed E-state index contributed by atoms with van der Waals surface area (Å²) in [7, 11) is 0. The molecule has 0 heterocycles. The molecule has 9 heavy (non-hydrogen) atoms. The molecule has 1 unspecified atom stereocenters. The van der Waals surface area contributed by atoms with E-state index in [1.54, 1.807) is 0 Å². The highest BCUT2D eigenvalue weighted by Gasteiger charge is 2.44. The topological polar surface area (TPSA) is 0 Å². The molecule has 0 aromatic rings. The molecule has 0 nitrogen and oxygen atoms in total. The van der Waals surface area contributed by atoms with Gasteiger partial charge in [-0.25, -0.2) is 0 Å². The third-order valence-corrected chi connectivity index (χ3v) is 6.06. The van der Waals surface area contributed by atoms with Gasteiger partial charge in [0.1, 0.15) is 0 Å². The van der Waals surface area contributed by atoms with Crippen molar-refractivity contribution in [3.63, 3.8) is 0 Å². The van der Waals surface area contributed by atoms with Gasteiger partial charge in [-0.05, 0) is 31.1 Å². The Morgan fingerprint density at radius 1 is 0.889 bits per heavy atom. The number of alkyl halides is 2. The molecule has 0 amide bonds. The Kier molecular flexibility index (Phi) is 1.65. The van der Waals surface area contributed by atoms with Gasteiger partial charge in [-0.2, -0.15) is 0 Å². The van der Waals surface area contributed by atoms with E-state index in [9.17, 15) is 0 Å². The van der Waals surface area contributed by atoms with E-state index in [2.05, 4.69) is 31.9 Å². The lowest BCUT2D eigenvalue weighted by atomic mass is 10.0. The Bertz CT molecular complexity index is 106. The molecule has 0 N–H and O–H groups in total. The molecule has 0 aromatic carbocycles. The third-order valence-electron chi connectivity index (χ3n) is 2.72. The molecule has 0 saturated heterocycles. The Balaban J connectivity index is 2.15. The van der Waals surface area contributed by atoms with Gasteiger partial charge in [-0.15, -0.1) is 0 Å². The molecular formula is C7H10Br2. The van der Waals surface area contributed by atoms with Crippen molar-refractivity contribution >= 4 is 31.9 Å². The zero-order valence-corrected chi connectivity index (χ0v) is 8.36. The summed E-state index contributed by atoms with van der Waals surface area (Å²) in [5, 5.41) is 0. The van der Waals surface area contributed by atoms with Gasteiger partial charge in [0.25, 0.3) is 0 Å². The van der Waals surface area contributed by atoms with Crippen molar-refractivity contribution in [2.75, 3.05) is 0 Å². The largest absolute Gasteiger partial charge is 0.0875 e. The minimum absolute atomic E-state index is 0.774. The SMILES string of the molecule is BrC1[C@H]2CC[C@H](C2)[C@H]1Br. The predicted octanol–water partition coefficient (Wildman–Crippen LogP) is 2.94. The smallest absolute Gasteiger partial charge is 0.0302 e. The summed E-state index contributed by atoms with van der Waals surface area (Å²) in [5.41, 5.74) is 0. The Morgan fingerprint density at radius 3 is 1.56 bits per heavy atom. The molecule has 2 aliphatic rings. The Hall–Kier alpha value is 0.960. The maximum atomic E-state index is 3.71. The quantitative estimate of drug-likeness (QED) is 0.583. The highest BCUT2D eigenvalue weighted by atomic mass is 79.9. The highest BCUT2D eigenvalue weighted by Crippen LogP contribution is 2.50. The molecular weight excluding hydrogens is 244 g/mol. The van der Waals surface area contributed by atoms with Gasteiger partial charge in [-0.1, -0.05) is 31.9 Å². The molecule has 0 spiro atoms. The number of halogens is 2. The van der Waals surface area contributed by atoms with Crippen molar-refractivity contribution < 1.29 is 0 Å². The molecule has 2 saturated carbocycles. The van der Waals surface area contributed by atoms with Crippen LogP contribution in [0.3, 0.4) is 0 Å². The summed E-state index contributed by atoms with van der Waals surface area (Å²) in [6.07, 6.45) is 4.39. The number of fused-ring (bicyclic) bond motifs is 2. The maximum Gasteiger partial charge on any atom is 0.0302 e. The minimum atomic E-state index is 0.774. The maximum absolute atomic E-state index is 3.71. The fraction of sp³-hybridized carbons (Fsp3) is 1.00. The minimum Gasteiger partial charge on any atom is -0.0875 e. The van der Waals surface area contributed by atoms with Crippen LogP contribution in [0.1, 0.15) is 19.3 Å². The van der Waals surface area contributed by atoms with Crippen LogP contribution in [-0.2, 0) is 0 Å². The van der Waals surface area contributed by atoms with Gasteiger partial charge in [0.15, 0.2) is 0 Å². The molecule has 2 fully saturated rings. The molecule has 0 aromatic heterocycles. The standard InChI is InChI=1S/C7H10Br2/c8-6-4-1-2-5(3-4)7(6)9/h4-7H,1-3H2/t4-,5+,6-,7?/m1/s1. The average molecular weight is 254 g/mol. The predicted molar refractivity (Wildman–Crippen MR) is 46.3 cm³/mol. The lowest BCUT2D eigenvalue weighted by molar-refractivity contribution is 0.514. The van der Waals surface area contributed by atoms with Crippen molar-refractivity contribution in [2.45, 2.75) is 28.9 Å². The van der Waals surface area contributed by atoms with Crippen LogP contribution < -0.4 is 0 Å². The molecule has 2 bridgehead atoms. The van der Waals surface area contributed by atoms with Crippen molar-refractivity contribution in [3.8, 4) is 0 Å². The van der Waals surface area contributed by atoms with Gasteiger partial charge in [-0.3, -0.25) is 0 Å². The number of hydrogen-bond acceptors (Lipinski definition) is 0. The highest BCUT2D eigenvalue weighted by molar-refractivity contribution is 9.12. The first-order chi connectivity index (χ1) is 4.29. The first kappa shape index (κ1) is 6.66. The van der Waals surface area contributed by atoms with Crippen LogP contribution in [0.4, 0.5) is 0 Å². The second-order valence-corrected chi connectivity index (χ2v) is 5.34. The van der Waals surface area contributed by atoms with E-state index in [-0.39, 0.29) is 0 Å². The Labute approximate surface area is 72.7 Å². The van der Waals surface area contributed by atoms with Crippen LogP contribution in [0.15, 0.2) is 0 Å². The van der Waals surface area contributed by atoms with Crippen LogP contribution in [0.25, 0.3) is 0 Å². The van der Waals surface area contributed by atoms with Gasteiger partial charge < -0.3 is 0 Å². The van der Waals surface area contributed by atoms with Crippen molar-refractivity contribution in [2.24, 2.45) is 11.8 Å². The summed E-state index contributed by atoms with van der Waals surface area (Å²) >= 11 is 7.43. The van der Waals surface area contributed by atoms with Crippen LogP contribution in [0, 0.1) is 11.8 Å². The third kappa shape index (κ3) is 0.900. The molecule has 0 aliphatic heterocycles. The van der Waals surface area contributed by atoms with E-state index < -0.39 is 0 Å². The van der Waals surface area contributed by atoms with E-state index in [0.717, 1.165) is 21.5 Å². The number of rotatable bonds is 0. The van der Waals surface area contributed by atoms with Crippen LogP contribution in [-0.4, -0.2) is 9.65 Å².